The van der Waals surface area contributed by atoms with E-state index < -0.39 is 5.60 Å². The fourth-order valence-corrected chi connectivity index (χ4v) is 3.10. The Bertz CT molecular complexity index is 546. The molecule has 0 bridgehead atoms. The number of rotatable bonds is 1. The van der Waals surface area contributed by atoms with Gasteiger partial charge in [0.1, 0.15) is 5.60 Å². The Balaban J connectivity index is 2.11. The number of nitrogens with zero attached hydrogens (tertiary/aromatic N) is 2. The molecule has 1 aromatic rings. The van der Waals surface area contributed by atoms with Crippen molar-refractivity contribution in [3.8, 4) is 0 Å². The lowest BCUT2D eigenvalue weighted by atomic mass is 10.1. The SMILES string of the molecule is CC(C)(C)OC(=O)N1CCc2cc(C(N)=NO)sc2C1. The second-order valence-electron chi connectivity index (χ2n) is 5.70. The molecule has 0 atom stereocenters. The number of ether oxygens (including phenoxy) is 1. The number of hydrogen-bond acceptors (Lipinski definition) is 5. The molecule has 1 amide bonds. The van der Waals surface area contributed by atoms with Crippen LogP contribution in [0.4, 0.5) is 4.79 Å². The molecule has 0 unspecified atom stereocenters. The third-order valence-electron chi connectivity index (χ3n) is 2.89. The minimum atomic E-state index is -0.494. The minimum Gasteiger partial charge on any atom is -0.444 e. The van der Waals surface area contributed by atoms with Gasteiger partial charge in [-0.05, 0) is 38.8 Å². The first-order chi connectivity index (χ1) is 9.30. The van der Waals surface area contributed by atoms with E-state index in [1.165, 1.54) is 11.3 Å². The van der Waals surface area contributed by atoms with E-state index in [0.717, 1.165) is 21.7 Å². The zero-order valence-corrected chi connectivity index (χ0v) is 12.7. The quantitative estimate of drug-likeness (QED) is 0.360. The largest absolute Gasteiger partial charge is 0.444 e. The van der Waals surface area contributed by atoms with Crippen LogP contribution in [0.1, 0.15) is 36.1 Å². The van der Waals surface area contributed by atoms with Crippen LogP contribution in [0.25, 0.3) is 0 Å². The van der Waals surface area contributed by atoms with Crippen molar-refractivity contribution in [2.75, 3.05) is 6.54 Å². The number of carbonyl (C=O) groups is 1. The van der Waals surface area contributed by atoms with E-state index >= 15 is 0 Å². The molecule has 0 fully saturated rings. The fraction of sp³-hybridized carbons (Fsp3) is 0.538. The monoisotopic (exact) mass is 297 g/mol. The normalized spacial score (nSPS) is 15.9. The maximum Gasteiger partial charge on any atom is 0.410 e. The van der Waals surface area contributed by atoms with Gasteiger partial charge >= 0.3 is 6.09 Å². The summed E-state index contributed by atoms with van der Waals surface area (Å²) in [6.07, 6.45) is 0.450. The highest BCUT2D eigenvalue weighted by Gasteiger charge is 2.27. The minimum absolute atomic E-state index is 0.105. The molecule has 7 heteroatoms. The van der Waals surface area contributed by atoms with E-state index in [1.807, 2.05) is 26.8 Å². The van der Waals surface area contributed by atoms with Gasteiger partial charge in [-0.15, -0.1) is 11.3 Å². The molecule has 0 aromatic carbocycles. The van der Waals surface area contributed by atoms with Gasteiger partial charge in [0.25, 0.3) is 0 Å². The first-order valence-electron chi connectivity index (χ1n) is 6.37. The van der Waals surface area contributed by atoms with Crippen molar-refractivity contribution in [3.63, 3.8) is 0 Å². The molecule has 1 aliphatic rings. The van der Waals surface area contributed by atoms with Crippen LogP contribution in [0.5, 0.6) is 0 Å². The zero-order chi connectivity index (χ0) is 14.9. The molecule has 1 aliphatic heterocycles. The molecule has 3 N–H and O–H groups in total. The summed E-state index contributed by atoms with van der Waals surface area (Å²) in [6, 6.07) is 1.92. The first-order valence-corrected chi connectivity index (χ1v) is 7.19. The molecule has 0 aliphatic carbocycles. The van der Waals surface area contributed by atoms with Gasteiger partial charge in [-0.1, -0.05) is 5.16 Å². The van der Waals surface area contributed by atoms with Crippen LogP contribution in [-0.4, -0.2) is 34.2 Å². The summed E-state index contributed by atoms with van der Waals surface area (Å²) in [7, 11) is 0. The van der Waals surface area contributed by atoms with Gasteiger partial charge < -0.3 is 20.6 Å². The number of hydrogen-bond donors (Lipinski definition) is 2. The number of nitrogens with two attached hydrogens (primary N) is 1. The average molecular weight is 297 g/mol. The molecule has 2 heterocycles. The van der Waals surface area contributed by atoms with Crippen molar-refractivity contribution in [2.24, 2.45) is 10.9 Å². The smallest absolute Gasteiger partial charge is 0.410 e. The van der Waals surface area contributed by atoms with E-state index in [9.17, 15) is 4.79 Å². The van der Waals surface area contributed by atoms with Crippen molar-refractivity contribution in [3.05, 3.63) is 21.4 Å². The van der Waals surface area contributed by atoms with Crippen LogP contribution in [0, 0.1) is 0 Å². The van der Waals surface area contributed by atoms with Crippen LogP contribution in [0.3, 0.4) is 0 Å². The predicted octanol–water partition coefficient (Wildman–Crippen LogP) is 2.14. The highest BCUT2D eigenvalue weighted by Crippen LogP contribution is 2.28. The third-order valence-corrected chi connectivity index (χ3v) is 4.08. The van der Waals surface area contributed by atoms with Gasteiger partial charge in [-0.25, -0.2) is 4.79 Å². The maximum absolute atomic E-state index is 12.0. The lowest BCUT2D eigenvalue weighted by molar-refractivity contribution is 0.0226. The standard InChI is InChI=1S/C13H19N3O3S/c1-13(2,3)19-12(17)16-5-4-8-6-9(11(14)15-18)20-10(8)7-16/h6,18H,4-5,7H2,1-3H3,(H2,14,15). The molecular formula is C13H19N3O3S. The highest BCUT2D eigenvalue weighted by atomic mass is 32.1. The number of carbonyl (C=O) groups excluding carboxylic acids is 1. The van der Waals surface area contributed by atoms with E-state index in [1.54, 1.807) is 4.90 Å². The molecule has 0 saturated carbocycles. The summed E-state index contributed by atoms with van der Waals surface area (Å²) in [5.41, 5.74) is 6.24. The van der Waals surface area contributed by atoms with E-state index in [-0.39, 0.29) is 11.9 Å². The van der Waals surface area contributed by atoms with Gasteiger partial charge in [0.05, 0.1) is 11.4 Å². The highest BCUT2D eigenvalue weighted by molar-refractivity contribution is 7.14. The number of thiophene rings is 1. The number of amides is 1. The number of amidine groups is 1. The molecule has 6 nitrogen and oxygen atoms in total. The Morgan fingerprint density at radius 1 is 1.55 bits per heavy atom. The molecule has 0 saturated heterocycles. The van der Waals surface area contributed by atoms with E-state index in [0.29, 0.717) is 13.1 Å². The molecule has 1 aromatic heterocycles. The topological polar surface area (TPSA) is 88.2 Å². The molecule has 0 spiro atoms. The Morgan fingerprint density at radius 3 is 2.85 bits per heavy atom. The van der Waals surface area contributed by atoms with E-state index in [2.05, 4.69) is 5.16 Å². The van der Waals surface area contributed by atoms with Gasteiger partial charge in [0.15, 0.2) is 5.84 Å². The molecule has 2 rings (SSSR count). The Morgan fingerprint density at radius 2 is 2.25 bits per heavy atom. The predicted molar refractivity (Wildman–Crippen MR) is 77.2 cm³/mol. The second kappa shape index (κ2) is 5.32. The zero-order valence-electron chi connectivity index (χ0n) is 11.8. The van der Waals surface area contributed by atoms with Crippen LogP contribution in [0.2, 0.25) is 0 Å². The molecule has 110 valence electrons. The number of fused-ring (bicyclic) bond motifs is 1. The van der Waals surface area contributed by atoms with Gasteiger partial charge in [-0.2, -0.15) is 0 Å². The summed E-state index contributed by atoms with van der Waals surface area (Å²) < 4.78 is 5.37. The summed E-state index contributed by atoms with van der Waals surface area (Å²) >= 11 is 1.44. The summed E-state index contributed by atoms with van der Waals surface area (Å²) in [4.78, 5) is 15.5. The van der Waals surface area contributed by atoms with Crippen molar-refractivity contribution < 1.29 is 14.7 Å². The molecular weight excluding hydrogens is 278 g/mol. The van der Waals surface area contributed by atoms with E-state index in [4.69, 9.17) is 15.7 Å². The fourth-order valence-electron chi connectivity index (χ4n) is 1.98. The lowest BCUT2D eigenvalue weighted by Gasteiger charge is -2.29. The summed E-state index contributed by atoms with van der Waals surface area (Å²) in [5.74, 6) is 0.105. The average Bonchev–Trinajstić information content (AvgIpc) is 2.78. The maximum atomic E-state index is 12.0. The van der Waals surface area contributed by atoms with Crippen molar-refractivity contribution in [2.45, 2.75) is 39.3 Å². The van der Waals surface area contributed by atoms with Gasteiger partial charge in [0.2, 0.25) is 0 Å². The Kier molecular flexibility index (Phi) is 3.89. The van der Waals surface area contributed by atoms with Crippen LogP contribution >= 0.6 is 11.3 Å². The second-order valence-corrected chi connectivity index (χ2v) is 6.83. The molecule has 20 heavy (non-hydrogen) atoms. The third kappa shape index (κ3) is 3.22. The van der Waals surface area contributed by atoms with Gasteiger partial charge in [-0.3, -0.25) is 0 Å². The van der Waals surface area contributed by atoms with Crippen LogP contribution < -0.4 is 5.73 Å². The summed E-state index contributed by atoms with van der Waals surface area (Å²) in [6.45, 7) is 6.67. The summed E-state index contributed by atoms with van der Waals surface area (Å²) in [5, 5.41) is 11.7. The Hall–Kier alpha value is -1.76. The van der Waals surface area contributed by atoms with Crippen LogP contribution in [-0.2, 0) is 17.7 Å². The van der Waals surface area contributed by atoms with Crippen molar-refractivity contribution in [1.29, 1.82) is 0 Å². The molecule has 0 radical (unpaired) electrons. The van der Waals surface area contributed by atoms with Crippen molar-refractivity contribution in [1.82, 2.24) is 4.90 Å². The first kappa shape index (κ1) is 14.6. The van der Waals surface area contributed by atoms with Gasteiger partial charge in [0, 0.05) is 11.4 Å². The van der Waals surface area contributed by atoms with Crippen molar-refractivity contribution >= 4 is 23.3 Å². The van der Waals surface area contributed by atoms with Crippen LogP contribution in [0.15, 0.2) is 11.2 Å². The Labute approximate surface area is 121 Å². The number of oxime groups is 1. The lowest BCUT2D eigenvalue weighted by Crippen LogP contribution is -2.39.